The van der Waals surface area contributed by atoms with Gasteiger partial charge >= 0.3 is 0 Å². The van der Waals surface area contributed by atoms with Crippen LogP contribution in [0.2, 0.25) is 0 Å². The van der Waals surface area contributed by atoms with Gasteiger partial charge in [0, 0.05) is 11.5 Å². The predicted molar refractivity (Wildman–Crippen MR) is 83.8 cm³/mol. The molecule has 0 aromatic carbocycles. The number of unbranched alkanes of at least 4 members (excludes halogenated alkanes) is 9. The molecule has 0 saturated heterocycles. The highest BCUT2D eigenvalue weighted by Crippen LogP contribution is 2.13. The van der Waals surface area contributed by atoms with Crippen LogP contribution in [0.25, 0.3) is 0 Å². The van der Waals surface area contributed by atoms with E-state index in [1.807, 2.05) is 0 Å². The molecule has 0 saturated carbocycles. The van der Waals surface area contributed by atoms with E-state index in [0.29, 0.717) is 11.5 Å². The standard InChI is InChI=1S/C16H32O2S/c1-2-3-4-5-6-7-8-9-10-11-12-16(18)15-19-14-13-17/h16H,2-15H2,1H3. The van der Waals surface area contributed by atoms with Crippen molar-refractivity contribution in [3.05, 3.63) is 0 Å². The highest BCUT2D eigenvalue weighted by molar-refractivity contribution is 7.99. The third kappa shape index (κ3) is 16.2. The summed E-state index contributed by atoms with van der Waals surface area (Å²) in [7, 11) is 0. The van der Waals surface area contributed by atoms with E-state index in [2.05, 4.69) is 6.92 Å². The van der Waals surface area contributed by atoms with Gasteiger partial charge in [-0.15, -0.1) is 0 Å². The molecule has 2 nitrogen and oxygen atoms in total. The van der Waals surface area contributed by atoms with E-state index >= 15 is 0 Å². The molecule has 0 spiro atoms. The lowest BCUT2D eigenvalue weighted by Crippen LogP contribution is -2.08. The second-order valence-corrected chi connectivity index (χ2v) is 6.52. The molecule has 0 aliphatic carbocycles. The van der Waals surface area contributed by atoms with E-state index in [-0.39, 0.29) is 6.61 Å². The van der Waals surface area contributed by atoms with Gasteiger partial charge < -0.3 is 0 Å². The maximum absolute atomic E-state index is 11.5. The summed E-state index contributed by atoms with van der Waals surface area (Å²) < 4.78 is 0. The van der Waals surface area contributed by atoms with Crippen molar-refractivity contribution in [1.82, 2.24) is 0 Å². The minimum Gasteiger partial charge on any atom is -0.236 e. The highest BCUT2D eigenvalue weighted by atomic mass is 32.2. The molecule has 3 heteroatoms. The molecular weight excluding hydrogens is 256 g/mol. The zero-order chi connectivity index (χ0) is 14.2. The Labute approximate surface area is 124 Å². The van der Waals surface area contributed by atoms with Gasteiger partial charge in [0.05, 0.1) is 6.61 Å². The number of hydrogen-bond donors (Lipinski definition) is 0. The molecule has 0 fully saturated rings. The van der Waals surface area contributed by atoms with Crippen LogP contribution >= 0.6 is 11.8 Å². The Bertz CT molecular complexity index is 165. The van der Waals surface area contributed by atoms with Crippen molar-refractivity contribution in [3.8, 4) is 0 Å². The van der Waals surface area contributed by atoms with Gasteiger partial charge in [-0.1, -0.05) is 71.1 Å². The van der Waals surface area contributed by atoms with Crippen molar-refractivity contribution in [2.24, 2.45) is 0 Å². The molecule has 0 rings (SSSR count). The molecule has 19 heavy (non-hydrogen) atoms. The Hall–Kier alpha value is 0.270. The van der Waals surface area contributed by atoms with Crippen LogP contribution in [0.3, 0.4) is 0 Å². The van der Waals surface area contributed by atoms with Crippen LogP contribution in [-0.4, -0.2) is 24.2 Å². The normalized spacial score (nSPS) is 12.8. The molecule has 0 amide bonds. The minimum atomic E-state index is -0.453. The van der Waals surface area contributed by atoms with Crippen LogP contribution in [0, 0.1) is 0 Å². The van der Waals surface area contributed by atoms with E-state index in [4.69, 9.17) is 0 Å². The molecule has 114 valence electrons. The Balaban J connectivity index is 3.05. The van der Waals surface area contributed by atoms with Gasteiger partial charge in [0.1, 0.15) is 6.10 Å². The fraction of sp³-hybridized carbons (Fsp3) is 1.00. The first-order valence-corrected chi connectivity index (χ1v) is 9.28. The number of thioether (sulfide) groups is 1. The SMILES string of the molecule is CCCCCCCCCCCCC([O])CSCC[O]. The lowest BCUT2D eigenvalue weighted by Gasteiger charge is -2.07. The van der Waals surface area contributed by atoms with Crippen LogP contribution in [0.5, 0.6) is 0 Å². The second kappa shape index (κ2) is 16.3. The second-order valence-electron chi connectivity index (χ2n) is 5.37. The van der Waals surface area contributed by atoms with Gasteiger partial charge in [-0.05, 0) is 6.42 Å². The first-order valence-electron chi connectivity index (χ1n) is 8.13. The van der Waals surface area contributed by atoms with E-state index in [1.54, 1.807) is 0 Å². The fourth-order valence-electron chi connectivity index (χ4n) is 2.22. The Morgan fingerprint density at radius 1 is 0.842 bits per heavy atom. The maximum atomic E-state index is 11.5. The van der Waals surface area contributed by atoms with Gasteiger partial charge in [-0.2, -0.15) is 11.8 Å². The van der Waals surface area contributed by atoms with Gasteiger partial charge in [-0.25, -0.2) is 10.2 Å². The number of hydrogen-bond acceptors (Lipinski definition) is 1. The summed E-state index contributed by atoms with van der Waals surface area (Å²) in [5.41, 5.74) is 0. The first kappa shape index (κ1) is 19.3. The van der Waals surface area contributed by atoms with Crippen LogP contribution in [0.4, 0.5) is 0 Å². The predicted octanol–water partition coefficient (Wildman–Crippen LogP) is 5.26. The maximum Gasteiger partial charge on any atom is 0.102 e. The zero-order valence-corrected chi connectivity index (χ0v) is 13.5. The lowest BCUT2D eigenvalue weighted by atomic mass is 10.1. The molecule has 2 radical (unpaired) electrons. The average molecular weight is 288 g/mol. The third-order valence-electron chi connectivity index (χ3n) is 3.41. The molecule has 0 heterocycles. The first-order chi connectivity index (χ1) is 9.31. The van der Waals surface area contributed by atoms with E-state index in [0.717, 1.165) is 12.8 Å². The molecule has 1 unspecified atom stereocenters. The zero-order valence-electron chi connectivity index (χ0n) is 12.7. The van der Waals surface area contributed by atoms with Crippen molar-refractivity contribution in [2.75, 3.05) is 18.1 Å². The van der Waals surface area contributed by atoms with Gasteiger partial charge in [0.2, 0.25) is 0 Å². The van der Waals surface area contributed by atoms with Crippen molar-refractivity contribution in [3.63, 3.8) is 0 Å². The van der Waals surface area contributed by atoms with Crippen LogP contribution in [-0.2, 0) is 10.2 Å². The molecule has 0 N–H and O–H groups in total. The summed E-state index contributed by atoms with van der Waals surface area (Å²) in [6, 6.07) is 0. The summed E-state index contributed by atoms with van der Waals surface area (Å²) in [6.07, 6.45) is 13.5. The van der Waals surface area contributed by atoms with Crippen LogP contribution in [0.15, 0.2) is 0 Å². The minimum absolute atomic E-state index is 0.0599. The summed E-state index contributed by atoms with van der Waals surface area (Å²) in [4.78, 5) is 0. The number of rotatable bonds is 15. The lowest BCUT2D eigenvalue weighted by molar-refractivity contribution is 0.0989. The summed E-state index contributed by atoms with van der Waals surface area (Å²) in [5, 5.41) is 21.7. The molecule has 1 atom stereocenters. The van der Waals surface area contributed by atoms with E-state index < -0.39 is 6.10 Å². The summed E-state index contributed by atoms with van der Waals surface area (Å²) >= 11 is 1.52. The largest absolute Gasteiger partial charge is 0.236 e. The quantitative estimate of drug-likeness (QED) is 0.379. The van der Waals surface area contributed by atoms with Crippen molar-refractivity contribution in [2.45, 2.75) is 83.7 Å². The monoisotopic (exact) mass is 288 g/mol. The Morgan fingerprint density at radius 3 is 1.89 bits per heavy atom. The highest BCUT2D eigenvalue weighted by Gasteiger charge is 2.05. The van der Waals surface area contributed by atoms with Gasteiger partial charge in [0.25, 0.3) is 0 Å². The van der Waals surface area contributed by atoms with Crippen molar-refractivity contribution in [1.29, 1.82) is 0 Å². The molecule has 0 aliphatic rings. The summed E-state index contributed by atoms with van der Waals surface area (Å²) in [6.45, 7) is 2.19. The van der Waals surface area contributed by atoms with Crippen molar-refractivity contribution < 1.29 is 10.2 Å². The Morgan fingerprint density at radius 2 is 1.37 bits per heavy atom. The van der Waals surface area contributed by atoms with Crippen molar-refractivity contribution >= 4 is 11.8 Å². The molecule has 0 aromatic heterocycles. The molecule has 0 bridgehead atoms. The average Bonchev–Trinajstić information content (AvgIpc) is 2.41. The van der Waals surface area contributed by atoms with E-state index in [1.165, 1.54) is 69.5 Å². The molecule has 0 aliphatic heterocycles. The third-order valence-corrected chi connectivity index (χ3v) is 4.47. The molecular formula is C16H32O2S. The fourth-order valence-corrected chi connectivity index (χ4v) is 2.93. The smallest absolute Gasteiger partial charge is 0.102 e. The summed E-state index contributed by atoms with van der Waals surface area (Å²) in [5.74, 6) is 1.22. The molecule has 0 aromatic rings. The van der Waals surface area contributed by atoms with Crippen LogP contribution < -0.4 is 0 Å². The van der Waals surface area contributed by atoms with Gasteiger partial charge in [-0.3, -0.25) is 0 Å². The Kier molecular flexibility index (Phi) is 16.6. The van der Waals surface area contributed by atoms with Gasteiger partial charge in [0.15, 0.2) is 0 Å². The topological polar surface area (TPSA) is 39.8 Å². The van der Waals surface area contributed by atoms with Crippen LogP contribution in [0.1, 0.15) is 77.6 Å². The van der Waals surface area contributed by atoms with E-state index in [9.17, 15) is 10.2 Å².